The number of pyridine rings is 1. The molecule has 1 aromatic carbocycles. The summed E-state index contributed by atoms with van der Waals surface area (Å²) in [6.45, 7) is 0.458. The minimum Gasteiger partial charge on any atom is -0.348 e. The number of fused-ring (bicyclic) bond motifs is 1. The van der Waals surface area contributed by atoms with Crippen LogP contribution in [0.15, 0.2) is 48.8 Å². The highest BCUT2D eigenvalue weighted by Gasteiger charge is 2.21. The Balaban J connectivity index is 1.61. The van der Waals surface area contributed by atoms with E-state index in [2.05, 4.69) is 20.5 Å². The second-order valence-corrected chi connectivity index (χ2v) is 6.33. The smallest absolute Gasteiger partial charge is 0.252 e. The van der Waals surface area contributed by atoms with Crippen LogP contribution in [0.2, 0.25) is 0 Å². The lowest BCUT2D eigenvalue weighted by Gasteiger charge is -2.13. The summed E-state index contributed by atoms with van der Waals surface area (Å²) >= 11 is 0. The van der Waals surface area contributed by atoms with Crippen LogP contribution >= 0.6 is 0 Å². The van der Waals surface area contributed by atoms with Crippen molar-refractivity contribution < 1.29 is 4.79 Å². The average Bonchev–Trinajstić information content (AvgIpc) is 3.11. The van der Waals surface area contributed by atoms with Crippen molar-refractivity contribution in [2.45, 2.75) is 32.2 Å². The number of nitrogens with zero attached hydrogens (tertiary/aromatic N) is 2. The third-order valence-corrected chi connectivity index (χ3v) is 4.66. The first-order valence-corrected chi connectivity index (χ1v) is 8.65. The SMILES string of the molecule is O=C(NCc1cccnc1)c1ccccc1-c1n[nH]c2c1CCCC2. The molecule has 5 heteroatoms. The van der Waals surface area contributed by atoms with Crippen molar-refractivity contribution >= 4 is 5.91 Å². The summed E-state index contributed by atoms with van der Waals surface area (Å²) in [5.41, 5.74) is 5.93. The van der Waals surface area contributed by atoms with Crippen molar-refractivity contribution in [2.75, 3.05) is 0 Å². The molecule has 4 rings (SSSR count). The van der Waals surface area contributed by atoms with Crippen LogP contribution in [0.5, 0.6) is 0 Å². The van der Waals surface area contributed by atoms with Crippen molar-refractivity contribution in [1.82, 2.24) is 20.5 Å². The van der Waals surface area contributed by atoms with Crippen LogP contribution in [0.25, 0.3) is 11.3 Å². The summed E-state index contributed by atoms with van der Waals surface area (Å²) in [5.74, 6) is -0.0907. The molecule has 1 aliphatic rings. The minimum absolute atomic E-state index is 0.0907. The number of aryl methyl sites for hydroxylation is 1. The van der Waals surface area contributed by atoms with Gasteiger partial charge in [0.15, 0.2) is 0 Å². The van der Waals surface area contributed by atoms with E-state index in [9.17, 15) is 4.79 Å². The molecule has 0 atom stereocenters. The van der Waals surface area contributed by atoms with Crippen LogP contribution in [-0.2, 0) is 19.4 Å². The zero-order valence-corrected chi connectivity index (χ0v) is 14.0. The molecule has 1 amide bonds. The Labute approximate surface area is 146 Å². The van der Waals surface area contributed by atoms with Gasteiger partial charge < -0.3 is 5.32 Å². The van der Waals surface area contributed by atoms with E-state index in [1.807, 2.05) is 36.4 Å². The number of hydrogen-bond donors (Lipinski definition) is 2. The van der Waals surface area contributed by atoms with E-state index in [0.717, 1.165) is 29.7 Å². The van der Waals surface area contributed by atoms with Crippen LogP contribution < -0.4 is 5.32 Å². The van der Waals surface area contributed by atoms with Gasteiger partial charge in [0.2, 0.25) is 0 Å². The van der Waals surface area contributed by atoms with Gasteiger partial charge in [-0.15, -0.1) is 0 Å². The first-order chi connectivity index (χ1) is 12.3. The first kappa shape index (κ1) is 15.6. The van der Waals surface area contributed by atoms with E-state index < -0.39 is 0 Å². The summed E-state index contributed by atoms with van der Waals surface area (Å²) in [7, 11) is 0. The number of carbonyl (C=O) groups excluding carboxylic acids is 1. The topological polar surface area (TPSA) is 70.7 Å². The van der Waals surface area contributed by atoms with Gasteiger partial charge >= 0.3 is 0 Å². The lowest BCUT2D eigenvalue weighted by Crippen LogP contribution is -2.23. The minimum atomic E-state index is -0.0907. The third-order valence-electron chi connectivity index (χ3n) is 4.66. The fourth-order valence-corrected chi connectivity index (χ4v) is 3.37. The van der Waals surface area contributed by atoms with Crippen LogP contribution in [0, 0.1) is 0 Å². The highest BCUT2D eigenvalue weighted by Crippen LogP contribution is 2.31. The number of aromatic amines is 1. The molecule has 2 heterocycles. The van der Waals surface area contributed by atoms with E-state index in [1.54, 1.807) is 12.4 Å². The molecule has 1 aliphatic carbocycles. The molecule has 0 bridgehead atoms. The monoisotopic (exact) mass is 332 g/mol. The highest BCUT2D eigenvalue weighted by molar-refractivity contribution is 6.00. The second kappa shape index (κ2) is 6.89. The molecule has 2 aromatic heterocycles. The summed E-state index contributed by atoms with van der Waals surface area (Å²) in [6.07, 6.45) is 7.92. The maximum Gasteiger partial charge on any atom is 0.252 e. The maximum atomic E-state index is 12.7. The van der Waals surface area contributed by atoms with Gasteiger partial charge in [0.1, 0.15) is 0 Å². The Morgan fingerprint density at radius 1 is 1.12 bits per heavy atom. The Bertz CT molecular complexity index is 886. The predicted molar refractivity (Wildman–Crippen MR) is 96.1 cm³/mol. The lowest BCUT2D eigenvalue weighted by molar-refractivity contribution is 0.0951. The third kappa shape index (κ3) is 3.18. The second-order valence-electron chi connectivity index (χ2n) is 6.33. The largest absolute Gasteiger partial charge is 0.348 e. The molecular weight excluding hydrogens is 312 g/mol. The molecule has 0 unspecified atom stereocenters. The summed E-state index contributed by atoms with van der Waals surface area (Å²) < 4.78 is 0. The molecular formula is C20H20N4O. The molecule has 0 radical (unpaired) electrons. The molecule has 0 saturated heterocycles. The van der Waals surface area contributed by atoms with E-state index in [0.29, 0.717) is 12.1 Å². The number of carbonyl (C=O) groups is 1. The van der Waals surface area contributed by atoms with Gasteiger partial charge in [-0.3, -0.25) is 14.9 Å². The zero-order chi connectivity index (χ0) is 17.1. The Morgan fingerprint density at radius 2 is 2.00 bits per heavy atom. The Kier molecular flexibility index (Phi) is 4.29. The molecule has 126 valence electrons. The number of amides is 1. The molecule has 2 N–H and O–H groups in total. The van der Waals surface area contributed by atoms with Crippen molar-refractivity contribution in [3.8, 4) is 11.3 Å². The lowest BCUT2D eigenvalue weighted by atomic mass is 9.92. The van der Waals surface area contributed by atoms with Crippen LogP contribution in [0.3, 0.4) is 0 Å². The van der Waals surface area contributed by atoms with Gasteiger partial charge in [0, 0.05) is 41.3 Å². The normalized spacial score (nSPS) is 13.3. The standard InChI is InChI=1S/C20H20N4O/c25-20(22-13-14-6-5-11-21-12-14)16-8-2-1-7-15(16)19-17-9-3-4-10-18(17)23-24-19/h1-2,5-8,11-12H,3-4,9-10,13H2,(H,22,25)(H,23,24). The van der Waals surface area contributed by atoms with Gasteiger partial charge in [0.25, 0.3) is 5.91 Å². The van der Waals surface area contributed by atoms with E-state index in [4.69, 9.17) is 0 Å². The molecule has 25 heavy (non-hydrogen) atoms. The van der Waals surface area contributed by atoms with Gasteiger partial charge in [-0.25, -0.2) is 0 Å². The van der Waals surface area contributed by atoms with Gasteiger partial charge in [-0.1, -0.05) is 24.3 Å². The first-order valence-electron chi connectivity index (χ1n) is 8.65. The number of benzene rings is 1. The van der Waals surface area contributed by atoms with E-state index in [1.165, 1.54) is 24.1 Å². The van der Waals surface area contributed by atoms with Crippen molar-refractivity contribution in [2.24, 2.45) is 0 Å². The average molecular weight is 332 g/mol. The Hall–Kier alpha value is -2.95. The number of aromatic nitrogens is 3. The molecule has 0 fully saturated rings. The van der Waals surface area contributed by atoms with Gasteiger partial charge in [-0.05, 0) is 43.4 Å². The highest BCUT2D eigenvalue weighted by atomic mass is 16.1. The van der Waals surface area contributed by atoms with Crippen molar-refractivity contribution in [1.29, 1.82) is 0 Å². The summed E-state index contributed by atoms with van der Waals surface area (Å²) in [4.78, 5) is 16.8. The fourth-order valence-electron chi connectivity index (χ4n) is 3.37. The van der Waals surface area contributed by atoms with Crippen molar-refractivity contribution in [3.05, 3.63) is 71.2 Å². The molecule has 0 saturated carbocycles. The Morgan fingerprint density at radius 3 is 2.88 bits per heavy atom. The predicted octanol–water partition coefficient (Wildman–Crippen LogP) is 3.28. The van der Waals surface area contributed by atoms with Crippen LogP contribution in [0.1, 0.15) is 40.0 Å². The summed E-state index contributed by atoms with van der Waals surface area (Å²) in [6, 6.07) is 11.5. The number of nitrogens with one attached hydrogen (secondary N) is 2. The molecule has 0 aliphatic heterocycles. The van der Waals surface area contributed by atoms with Gasteiger partial charge in [0.05, 0.1) is 5.69 Å². The molecule has 3 aromatic rings. The quantitative estimate of drug-likeness (QED) is 0.770. The fraction of sp³-hybridized carbons (Fsp3) is 0.250. The molecule has 0 spiro atoms. The number of rotatable bonds is 4. The number of hydrogen-bond acceptors (Lipinski definition) is 3. The molecule has 5 nitrogen and oxygen atoms in total. The van der Waals surface area contributed by atoms with E-state index >= 15 is 0 Å². The van der Waals surface area contributed by atoms with Crippen molar-refractivity contribution in [3.63, 3.8) is 0 Å². The van der Waals surface area contributed by atoms with E-state index in [-0.39, 0.29) is 5.91 Å². The van der Waals surface area contributed by atoms with Crippen LogP contribution in [-0.4, -0.2) is 21.1 Å². The number of H-pyrrole nitrogens is 1. The van der Waals surface area contributed by atoms with Crippen LogP contribution in [0.4, 0.5) is 0 Å². The summed E-state index contributed by atoms with van der Waals surface area (Å²) in [5, 5.41) is 10.7. The zero-order valence-electron chi connectivity index (χ0n) is 14.0. The maximum absolute atomic E-state index is 12.7. The van der Waals surface area contributed by atoms with Gasteiger partial charge in [-0.2, -0.15) is 5.10 Å².